The normalized spacial score (nSPS) is 14.4. The molecule has 0 atom stereocenters. The van der Waals surface area contributed by atoms with Crippen molar-refractivity contribution in [1.82, 2.24) is 5.32 Å². The van der Waals surface area contributed by atoms with Crippen molar-refractivity contribution in [2.45, 2.75) is 52.3 Å². The molecule has 112 valence electrons. The zero-order chi connectivity index (χ0) is 14.7. The van der Waals surface area contributed by atoms with Gasteiger partial charge in [0.2, 0.25) is 0 Å². The highest BCUT2D eigenvalue weighted by Gasteiger charge is 2.21. The molecule has 2 aromatic rings. The van der Waals surface area contributed by atoms with Gasteiger partial charge in [0.15, 0.2) is 0 Å². The van der Waals surface area contributed by atoms with Gasteiger partial charge in [-0.1, -0.05) is 25.1 Å². The minimum Gasteiger partial charge on any atom is -0.488 e. The van der Waals surface area contributed by atoms with Crippen LogP contribution < -0.4 is 10.1 Å². The molecule has 0 bridgehead atoms. The molecule has 3 heteroatoms. The second kappa shape index (κ2) is 6.35. The van der Waals surface area contributed by atoms with Crippen LogP contribution in [0.2, 0.25) is 0 Å². The molecule has 0 amide bonds. The van der Waals surface area contributed by atoms with Gasteiger partial charge in [0, 0.05) is 11.6 Å². The summed E-state index contributed by atoms with van der Waals surface area (Å²) in [6, 6.07) is 11.0. The quantitative estimate of drug-likeness (QED) is 0.835. The lowest BCUT2D eigenvalue weighted by molar-refractivity contribution is 0.300. The molecule has 21 heavy (non-hydrogen) atoms. The topological polar surface area (TPSA) is 34.4 Å². The first-order valence-corrected chi connectivity index (χ1v) is 7.78. The lowest BCUT2D eigenvalue weighted by Crippen LogP contribution is -2.14. The standard InChI is InChI=1S/C18H23NO2/c1-3-14-6-4-5-7-18(14)20-12-15-10-17(21-13(15)2)11-19-16-8-9-16/h4-7,10,16,19H,3,8-9,11-12H2,1-2H3. The summed E-state index contributed by atoms with van der Waals surface area (Å²) in [4.78, 5) is 0. The van der Waals surface area contributed by atoms with Crippen molar-refractivity contribution in [2.24, 2.45) is 0 Å². The van der Waals surface area contributed by atoms with Gasteiger partial charge < -0.3 is 14.5 Å². The van der Waals surface area contributed by atoms with E-state index < -0.39 is 0 Å². The van der Waals surface area contributed by atoms with Gasteiger partial charge in [-0.05, 0) is 43.9 Å². The SMILES string of the molecule is CCc1ccccc1OCc1cc(CNC2CC2)oc1C. The summed E-state index contributed by atoms with van der Waals surface area (Å²) in [5, 5.41) is 3.47. The van der Waals surface area contributed by atoms with Gasteiger partial charge in [0.1, 0.15) is 23.9 Å². The molecule has 0 unspecified atom stereocenters. The molecule has 1 fully saturated rings. The number of rotatable bonds is 7. The maximum Gasteiger partial charge on any atom is 0.122 e. The Kier molecular flexibility index (Phi) is 4.30. The number of para-hydroxylation sites is 1. The maximum absolute atomic E-state index is 5.97. The highest BCUT2D eigenvalue weighted by Crippen LogP contribution is 2.23. The van der Waals surface area contributed by atoms with Crippen molar-refractivity contribution in [3.8, 4) is 5.75 Å². The van der Waals surface area contributed by atoms with E-state index >= 15 is 0 Å². The minimum atomic E-state index is 0.565. The Labute approximate surface area is 126 Å². The lowest BCUT2D eigenvalue weighted by atomic mass is 10.1. The third kappa shape index (κ3) is 3.67. The Morgan fingerprint density at radius 2 is 2.05 bits per heavy atom. The summed E-state index contributed by atoms with van der Waals surface area (Å²) in [6.07, 6.45) is 3.57. The number of benzene rings is 1. The van der Waals surface area contributed by atoms with Gasteiger partial charge in [-0.2, -0.15) is 0 Å². The maximum atomic E-state index is 5.97. The summed E-state index contributed by atoms with van der Waals surface area (Å²) in [5.41, 5.74) is 2.38. The van der Waals surface area contributed by atoms with Crippen LogP contribution >= 0.6 is 0 Å². The molecule has 1 aromatic carbocycles. The van der Waals surface area contributed by atoms with Gasteiger partial charge in [0.25, 0.3) is 0 Å². The molecule has 3 rings (SSSR count). The number of nitrogens with one attached hydrogen (secondary N) is 1. The summed E-state index contributed by atoms with van der Waals surface area (Å²) in [6.45, 7) is 5.53. The highest BCUT2D eigenvalue weighted by molar-refractivity contribution is 5.33. The molecule has 1 heterocycles. The lowest BCUT2D eigenvalue weighted by Gasteiger charge is -2.09. The molecule has 1 aliphatic rings. The van der Waals surface area contributed by atoms with Crippen molar-refractivity contribution < 1.29 is 9.15 Å². The monoisotopic (exact) mass is 285 g/mol. The second-order valence-corrected chi connectivity index (χ2v) is 5.70. The average Bonchev–Trinajstić information content (AvgIpc) is 3.27. The van der Waals surface area contributed by atoms with E-state index in [0.717, 1.165) is 35.8 Å². The first-order chi connectivity index (χ1) is 10.3. The van der Waals surface area contributed by atoms with Crippen LogP contribution in [0.15, 0.2) is 34.7 Å². The Balaban J connectivity index is 1.61. The minimum absolute atomic E-state index is 0.565. The van der Waals surface area contributed by atoms with E-state index in [0.29, 0.717) is 12.6 Å². The van der Waals surface area contributed by atoms with Crippen molar-refractivity contribution >= 4 is 0 Å². The van der Waals surface area contributed by atoms with Crippen LogP contribution in [-0.4, -0.2) is 6.04 Å². The predicted molar refractivity (Wildman–Crippen MR) is 83.5 cm³/mol. The number of furan rings is 1. The Hall–Kier alpha value is -1.74. The van der Waals surface area contributed by atoms with E-state index in [1.807, 2.05) is 19.1 Å². The van der Waals surface area contributed by atoms with Crippen LogP contribution in [0.5, 0.6) is 5.75 Å². The smallest absolute Gasteiger partial charge is 0.122 e. The van der Waals surface area contributed by atoms with E-state index in [9.17, 15) is 0 Å². The van der Waals surface area contributed by atoms with Gasteiger partial charge in [0.05, 0.1) is 6.54 Å². The third-order valence-electron chi connectivity index (χ3n) is 3.95. The predicted octanol–water partition coefficient (Wildman–Crippen LogP) is 3.98. The van der Waals surface area contributed by atoms with E-state index in [1.165, 1.54) is 18.4 Å². The molecular formula is C18H23NO2. The molecule has 1 aliphatic carbocycles. The summed E-state index contributed by atoms with van der Waals surface area (Å²) in [7, 11) is 0. The zero-order valence-corrected chi connectivity index (χ0v) is 12.8. The van der Waals surface area contributed by atoms with Crippen molar-refractivity contribution in [1.29, 1.82) is 0 Å². The second-order valence-electron chi connectivity index (χ2n) is 5.70. The highest BCUT2D eigenvalue weighted by atomic mass is 16.5. The molecule has 1 N–H and O–H groups in total. The van der Waals surface area contributed by atoms with E-state index in [-0.39, 0.29) is 0 Å². The van der Waals surface area contributed by atoms with Crippen molar-refractivity contribution in [3.63, 3.8) is 0 Å². The largest absolute Gasteiger partial charge is 0.488 e. The molecule has 1 saturated carbocycles. The fourth-order valence-corrected chi connectivity index (χ4v) is 2.44. The van der Waals surface area contributed by atoms with Gasteiger partial charge in [-0.15, -0.1) is 0 Å². The molecule has 1 aromatic heterocycles. The van der Waals surface area contributed by atoms with Crippen LogP contribution in [0.4, 0.5) is 0 Å². The summed E-state index contributed by atoms with van der Waals surface area (Å²) < 4.78 is 11.8. The molecule has 0 saturated heterocycles. The van der Waals surface area contributed by atoms with Crippen molar-refractivity contribution in [2.75, 3.05) is 0 Å². The van der Waals surface area contributed by atoms with Crippen LogP contribution in [0.3, 0.4) is 0 Å². The average molecular weight is 285 g/mol. The van der Waals surface area contributed by atoms with Crippen LogP contribution in [0.25, 0.3) is 0 Å². The van der Waals surface area contributed by atoms with E-state index in [1.54, 1.807) is 0 Å². The number of ether oxygens (including phenoxy) is 1. The molecule has 0 aliphatic heterocycles. The van der Waals surface area contributed by atoms with E-state index in [4.69, 9.17) is 9.15 Å². The van der Waals surface area contributed by atoms with Gasteiger partial charge >= 0.3 is 0 Å². The van der Waals surface area contributed by atoms with Crippen molar-refractivity contribution in [3.05, 3.63) is 53.0 Å². The zero-order valence-electron chi connectivity index (χ0n) is 12.8. The number of hydrogen-bond acceptors (Lipinski definition) is 3. The van der Waals surface area contributed by atoms with E-state index in [2.05, 4.69) is 30.4 Å². The van der Waals surface area contributed by atoms with Gasteiger partial charge in [-0.25, -0.2) is 0 Å². The Bertz CT molecular complexity index is 599. The fraction of sp³-hybridized carbons (Fsp3) is 0.444. The fourth-order valence-electron chi connectivity index (χ4n) is 2.44. The Morgan fingerprint density at radius 3 is 2.81 bits per heavy atom. The van der Waals surface area contributed by atoms with Gasteiger partial charge in [-0.3, -0.25) is 0 Å². The first kappa shape index (κ1) is 14.2. The summed E-state index contributed by atoms with van der Waals surface area (Å²) >= 11 is 0. The molecule has 0 radical (unpaired) electrons. The molecular weight excluding hydrogens is 262 g/mol. The molecule has 3 nitrogen and oxygen atoms in total. The molecule has 0 spiro atoms. The van der Waals surface area contributed by atoms with Crippen LogP contribution in [0.1, 0.15) is 42.4 Å². The van der Waals surface area contributed by atoms with Crippen LogP contribution in [0, 0.1) is 6.92 Å². The Morgan fingerprint density at radius 1 is 1.24 bits per heavy atom. The number of hydrogen-bond donors (Lipinski definition) is 1. The van der Waals surface area contributed by atoms with Crippen LogP contribution in [-0.2, 0) is 19.6 Å². The first-order valence-electron chi connectivity index (χ1n) is 7.78. The number of aryl methyl sites for hydroxylation is 2. The third-order valence-corrected chi connectivity index (χ3v) is 3.95. The summed E-state index contributed by atoms with van der Waals surface area (Å²) in [5.74, 6) is 2.93.